The Morgan fingerprint density at radius 2 is 2.00 bits per heavy atom. The first-order chi connectivity index (χ1) is 9.02. The van der Waals surface area contributed by atoms with Gasteiger partial charge in [-0.3, -0.25) is 0 Å². The summed E-state index contributed by atoms with van der Waals surface area (Å²) in [6, 6.07) is 0. The maximum absolute atomic E-state index is 5.43. The molecule has 0 unspecified atom stereocenters. The van der Waals surface area contributed by atoms with Gasteiger partial charge >= 0.3 is 0 Å². The van der Waals surface area contributed by atoms with Crippen LogP contribution >= 0.6 is 0 Å². The summed E-state index contributed by atoms with van der Waals surface area (Å²) in [7, 11) is 2.13. The van der Waals surface area contributed by atoms with Gasteiger partial charge < -0.3 is 14.5 Å². The van der Waals surface area contributed by atoms with Crippen molar-refractivity contribution in [1.29, 1.82) is 0 Å². The van der Waals surface area contributed by atoms with Crippen molar-refractivity contribution in [2.24, 2.45) is 11.0 Å². The van der Waals surface area contributed by atoms with Crippen LogP contribution in [-0.2, 0) is 4.74 Å². The van der Waals surface area contributed by atoms with Gasteiger partial charge in [-0.25, -0.2) is 5.43 Å². The lowest BCUT2D eigenvalue weighted by molar-refractivity contribution is 0.163. The van der Waals surface area contributed by atoms with Crippen molar-refractivity contribution >= 4 is 5.84 Å². The van der Waals surface area contributed by atoms with Gasteiger partial charge in [0, 0.05) is 26.2 Å². The lowest BCUT2D eigenvalue weighted by Crippen LogP contribution is -2.47. The van der Waals surface area contributed by atoms with Crippen molar-refractivity contribution in [2.75, 3.05) is 39.8 Å². The standard InChI is InChI=1S/C14H26N4O/c1-6-14(18-9-7-17(5)8-10-18)16-15-13(4)19-11-12(2)3/h6,12,15H,1,4,7-11H2,2-3,5H3/b16-14+. The van der Waals surface area contributed by atoms with E-state index in [4.69, 9.17) is 4.74 Å². The van der Waals surface area contributed by atoms with Gasteiger partial charge in [0.05, 0.1) is 6.61 Å². The van der Waals surface area contributed by atoms with Gasteiger partial charge in [0.25, 0.3) is 0 Å². The molecule has 1 heterocycles. The van der Waals surface area contributed by atoms with Crippen molar-refractivity contribution < 1.29 is 4.74 Å². The predicted molar refractivity (Wildman–Crippen MR) is 79.8 cm³/mol. The Morgan fingerprint density at radius 3 is 2.53 bits per heavy atom. The molecule has 0 atom stereocenters. The van der Waals surface area contributed by atoms with Crippen molar-refractivity contribution in [3.63, 3.8) is 0 Å². The topological polar surface area (TPSA) is 40.1 Å². The molecule has 0 spiro atoms. The van der Waals surface area contributed by atoms with Gasteiger partial charge in [-0.15, -0.1) is 0 Å². The van der Waals surface area contributed by atoms with Gasteiger partial charge in [-0.05, 0) is 25.6 Å². The minimum atomic E-state index is 0.471. The zero-order valence-corrected chi connectivity index (χ0v) is 12.4. The minimum absolute atomic E-state index is 0.471. The zero-order valence-electron chi connectivity index (χ0n) is 12.4. The SMILES string of the molecule is C=C/C(=N\NC(=C)OCC(C)C)N1CCN(C)CC1. The van der Waals surface area contributed by atoms with Crippen LogP contribution in [0, 0.1) is 5.92 Å². The molecule has 0 aromatic carbocycles. The van der Waals surface area contributed by atoms with E-state index in [0.717, 1.165) is 32.0 Å². The Morgan fingerprint density at radius 1 is 1.37 bits per heavy atom. The molecule has 0 aromatic rings. The molecule has 0 aromatic heterocycles. The minimum Gasteiger partial charge on any atom is -0.478 e. The third kappa shape index (κ3) is 5.79. The van der Waals surface area contributed by atoms with E-state index in [2.05, 4.69) is 54.4 Å². The molecule has 0 radical (unpaired) electrons. The fourth-order valence-corrected chi connectivity index (χ4v) is 1.70. The smallest absolute Gasteiger partial charge is 0.199 e. The maximum Gasteiger partial charge on any atom is 0.199 e. The first kappa shape index (κ1) is 15.6. The maximum atomic E-state index is 5.43. The summed E-state index contributed by atoms with van der Waals surface area (Å²) >= 11 is 0. The van der Waals surface area contributed by atoms with Gasteiger partial charge in [0.2, 0.25) is 0 Å². The highest BCUT2D eigenvalue weighted by molar-refractivity contribution is 5.92. The van der Waals surface area contributed by atoms with Crippen LogP contribution in [-0.4, -0.2) is 55.5 Å². The molecule has 1 rings (SSSR count). The summed E-state index contributed by atoms with van der Waals surface area (Å²) in [6.45, 7) is 16.4. The Bertz CT molecular complexity index is 330. The van der Waals surface area contributed by atoms with Crippen LogP contribution in [0.15, 0.2) is 30.2 Å². The number of hydrogen-bond acceptors (Lipinski definition) is 4. The monoisotopic (exact) mass is 266 g/mol. The highest BCUT2D eigenvalue weighted by Gasteiger charge is 2.15. The average Bonchev–Trinajstić information content (AvgIpc) is 2.39. The van der Waals surface area contributed by atoms with E-state index in [-0.39, 0.29) is 0 Å². The van der Waals surface area contributed by atoms with Gasteiger partial charge in [0.15, 0.2) is 5.88 Å². The summed E-state index contributed by atoms with van der Waals surface area (Å²) < 4.78 is 5.43. The fraction of sp³-hybridized carbons (Fsp3) is 0.643. The Kier molecular flexibility index (Phi) is 6.42. The van der Waals surface area contributed by atoms with Crippen LogP contribution in [0.4, 0.5) is 0 Å². The van der Waals surface area contributed by atoms with Crippen LogP contribution in [0.2, 0.25) is 0 Å². The fourth-order valence-electron chi connectivity index (χ4n) is 1.70. The highest BCUT2D eigenvalue weighted by atomic mass is 16.5. The molecule has 5 nitrogen and oxygen atoms in total. The van der Waals surface area contributed by atoms with Crippen molar-refractivity contribution in [2.45, 2.75) is 13.8 Å². The van der Waals surface area contributed by atoms with Gasteiger partial charge in [0.1, 0.15) is 5.84 Å². The van der Waals surface area contributed by atoms with Crippen molar-refractivity contribution in [3.8, 4) is 0 Å². The molecule has 19 heavy (non-hydrogen) atoms. The number of ether oxygens (including phenoxy) is 1. The van der Waals surface area contributed by atoms with E-state index in [9.17, 15) is 0 Å². The second-order valence-electron chi connectivity index (χ2n) is 5.20. The second kappa shape index (κ2) is 7.84. The predicted octanol–water partition coefficient (Wildman–Crippen LogP) is 1.47. The summed E-state index contributed by atoms with van der Waals surface area (Å²) in [5.41, 5.74) is 2.84. The average molecular weight is 266 g/mol. The van der Waals surface area contributed by atoms with Crippen LogP contribution in [0.3, 0.4) is 0 Å². The van der Waals surface area contributed by atoms with E-state index in [1.54, 1.807) is 6.08 Å². The number of rotatable bonds is 6. The lowest BCUT2D eigenvalue weighted by Gasteiger charge is -2.33. The summed E-state index contributed by atoms with van der Waals surface area (Å²) in [5.74, 6) is 1.78. The van der Waals surface area contributed by atoms with Crippen molar-refractivity contribution in [3.05, 3.63) is 25.1 Å². The second-order valence-corrected chi connectivity index (χ2v) is 5.20. The molecule has 0 saturated carbocycles. The largest absolute Gasteiger partial charge is 0.478 e. The summed E-state index contributed by atoms with van der Waals surface area (Å²) in [6.07, 6.45) is 1.76. The molecule has 1 fully saturated rings. The molecule has 0 aliphatic carbocycles. The molecule has 1 saturated heterocycles. The van der Waals surface area contributed by atoms with E-state index < -0.39 is 0 Å². The van der Waals surface area contributed by atoms with Gasteiger partial charge in [-0.1, -0.05) is 20.4 Å². The molecule has 0 bridgehead atoms. The third-order valence-electron chi connectivity index (χ3n) is 2.90. The number of nitrogens with zero attached hydrogens (tertiary/aromatic N) is 3. The van der Waals surface area contributed by atoms with Crippen molar-refractivity contribution in [1.82, 2.24) is 15.2 Å². The first-order valence-corrected chi connectivity index (χ1v) is 6.74. The quantitative estimate of drug-likeness (QED) is 0.342. The first-order valence-electron chi connectivity index (χ1n) is 6.74. The summed E-state index contributed by atoms with van der Waals surface area (Å²) in [4.78, 5) is 4.51. The molecule has 0 amide bonds. The highest BCUT2D eigenvalue weighted by Crippen LogP contribution is 2.02. The molecule has 1 N–H and O–H groups in total. The van der Waals surface area contributed by atoms with E-state index >= 15 is 0 Å². The Balaban J connectivity index is 2.43. The number of hydrogen-bond donors (Lipinski definition) is 1. The van der Waals surface area contributed by atoms with Crippen LogP contribution < -0.4 is 5.43 Å². The Labute approximate surface area is 116 Å². The summed E-state index contributed by atoms with van der Waals surface area (Å²) in [5, 5.41) is 4.30. The molecular formula is C14H26N4O. The molecular weight excluding hydrogens is 240 g/mol. The Hall–Kier alpha value is -1.49. The number of piperazine rings is 1. The zero-order chi connectivity index (χ0) is 14.3. The molecule has 1 aliphatic rings. The van der Waals surface area contributed by atoms with E-state index in [1.807, 2.05) is 0 Å². The normalized spacial score (nSPS) is 17.5. The van der Waals surface area contributed by atoms with E-state index in [1.165, 1.54) is 0 Å². The molecule has 1 aliphatic heterocycles. The van der Waals surface area contributed by atoms with Crippen LogP contribution in [0.25, 0.3) is 0 Å². The van der Waals surface area contributed by atoms with Crippen LogP contribution in [0.1, 0.15) is 13.8 Å². The van der Waals surface area contributed by atoms with Crippen LogP contribution in [0.5, 0.6) is 0 Å². The van der Waals surface area contributed by atoms with E-state index in [0.29, 0.717) is 18.4 Å². The third-order valence-corrected chi connectivity index (χ3v) is 2.90. The molecule has 5 heteroatoms. The number of hydrazone groups is 1. The molecule has 108 valence electrons. The number of amidine groups is 1. The number of nitrogens with one attached hydrogen (secondary N) is 1. The lowest BCUT2D eigenvalue weighted by atomic mass is 10.2. The number of likely N-dealkylation sites (N-methyl/N-ethyl adjacent to an activating group) is 1. The van der Waals surface area contributed by atoms with Gasteiger partial charge in [-0.2, -0.15) is 5.10 Å².